The molecule has 0 saturated carbocycles. The molecule has 3 rings (SSSR count). The Labute approximate surface area is 169 Å². The SMILES string of the molecule is Cc1ccc(COC(=O)Nc2ccc(-c3cn[nH]c3)cc2)cc1.O=C(O)C(F)(F)F. The van der Waals surface area contributed by atoms with Crippen LogP contribution in [0, 0.1) is 6.92 Å². The van der Waals surface area contributed by atoms with Crippen LogP contribution in [0.3, 0.4) is 0 Å². The Bertz CT molecular complexity index is 954. The van der Waals surface area contributed by atoms with Gasteiger partial charge in [0, 0.05) is 17.4 Å². The van der Waals surface area contributed by atoms with E-state index in [0.29, 0.717) is 5.69 Å². The number of alkyl halides is 3. The number of nitrogens with zero attached hydrogens (tertiary/aromatic N) is 1. The standard InChI is InChI=1S/C18H17N3O2.C2HF3O2/c1-13-2-4-14(5-3-13)12-23-18(22)21-17-8-6-15(7-9-17)16-10-19-20-11-16;3-2(4,5)1(6)7/h2-11H,12H2,1H3,(H,19,20)(H,21,22);(H,6,7). The molecule has 0 saturated heterocycles. The van der Waals surface area contributed by atoms with Crippen molar-refractivity contribution in [3.63, 3.8) is 0 Å². The van der Waals surface area contributed by atoms with Crippen molar-refractivity contribution in [2.45, 2.75) is 19.7 Å². The van der Waals surface area contributed by atoms with E-state index in [1.807, 2.05) is 61.7 Å². The molecule has 0 aliphatic rings. The van der Waals surface area contributed by atoms with Gasteiger partial charge in [0.05, 0.1) is 6.20 Å². The monoisotopic (exact) mass is 421 g/mol. The molecule has 0 spiro atoms. The molecule has 3 aromatic rings. The fourth-order valence-corrected chi connectivity index (χ4v) is 2.14. The molecule has 3 N–H and O–H groups in total. The average Bonchev–Trinajstić information content (AvgIpc) is 3.23. The van der Waals surface area contributed by atoms with Crippen LogP contribution in [0.25, 0.3) is 11.1 Å². The molecule has 158 valence electrons. The summed E-state index contributed by atoms with van der Waals surface area (Å²) in [6.07, 6.45) is -1.99. The van der Waals surface area contributed by atoms with Crippen molar-refractivity contribution in [1.82, 2.24) is 10.2 Å². The van der Waals surface area contributed by atoms with Gasteiger partial charge in [0.15, 0.2) is 0 Å². The van der Waals surface area contributed by atoms with Gasteiger partial charge in [-0.25, -0.2) is 9.59 Å². The second-order valence-electron chi connectivity index (χ2n) is 6.05. The van der Waals surface area contributed by atoms with E-state index in [4.69, 9.17) is 14.6 Å². The molecule has 10 heteroatoms. The summed E-state index contributed by atoms with van der Waals surface area (Å²) < 4.78 is 36.9. The Morgan fingerprint density at radius 1 is 1.07 bits per heavy atom. The van der Waals surface area contributed by atoms with Crippen molar-refractivity contribution in [3.05, 3.63) is 72.1 Å². The van der Waals surface area contributed by atoms with Gasteiger partial charge in [-0.2, -0.15) is 18.3 Å². The summed E-state index contributed by atoms with van der Waals surface area (Å²) >= 11 is 0. The van der Waals surface area contributed by atoms with Crippen molar-refractivity contribution in [1.29, 1.82) is 0 Å². The van der Waals surface area contributed by atoms with Crippen molar-refractivity contribution in [3.8, 4) is 11.1 Å². The molecule has 0 atom stereocenters. The lowest BCUT2D eigenvalue weighted by Crippen LogP contribution is -2.21. The topological polar surface area (TPSA) is 104 Å². The van der Waals surface area contributed by atoms with Gasteiger partial charge >= 0.3 is 18.2 Å². The normalized spacial score (nSPS) is 10.5. The molecule has 2 aromatic carbocycles. The summed E-state index contributed by atoms with van der Waals surface area (Å²) in [5.41, 5.74) is 4.85. The highest BCUT2D eigenvalue weighted by Gasteiger charge is 2.38. The minimum Gasteiger partial charge on any atom is -0.475 e. The van der Waals surface area contributed by atoms with E-state index in [1.54, 1.807) is 6.20 Å². The molecule has 7 nitrogen and oxygen atoms in total. The quantitative estimate of drug-likeness (QED) is 0.563. The predicted molar refractivity (Wildman–Crippen MR) is 103 cm³/mol. The van der Waals surface area contributed by atoms with Crippen LogP contribution in [-0.4, -0.2) is 33.5 Å². The van der Waals surface area contributed by atoms with Crippen molar-refractivity contribution < 1.29 is 32.6 Å². The number of hydrogen-bond donors (Lipinski definition) is 3. The Hall–Kier alpha value is -3.82. The number of aromatic amines is 1. The first-order valence-corrected chi connectivity index (χ1v) is 8.54. The number of aliphatic carboxylic acids is 1. The van der Waals surface area contributed by atoms with E-state index in [0.717, 1.165) is 16.7 Å². The number of halogens is 3. The number of carbonyl (C=O) groups is 2. The van der Waals surface area contributed by atoms with Crippen molar-refractivity contribution in [2.75, 3.05) is 5.32 Å². The zero-order chi connectivity index (χ0) is 22.1. The number of aryl methyl sites for hydroxylation is 1. The summed E-state index contributed by atoms with van der Waals surface area (Å²) in [5, 5.41) is 16.5. The van der Waals surface area contributed by atoms with Gasteiger partial charge in [-0.1, -0.05) is 42.0 Å². The number of anilines is 1. The van der Waals surface area contributed by atoms with E-state index in [-0.39, 0.29) is 6.61 Å². The van der Waals surface area contributed by atoms with E-state index >= 15 is 0 Å². The Morgan fingerprint density at radius 2 is 1.67 bits per heavy atom. The number of carboxylic acids is 1. The maximum atomic E-state index is 11.8. The molecule has 0 aliphatic heterocycles. The molecule has 0 fully saturated rings. The molecule has 1 heterocycles. The third kappa shape index (κ3) is 7.30. The predicted octanol–water partition coefficient (Wildman–Crippen LogP) is 4.77. The minimum atomic E-state index is -5.08. The van der Waals surface area contributed by atoms with Crippen LogP contribution < -0.4 is 5.32 Å². The van der Waals surface area contributed by atoms with Crippen LogP contribution in [0.5, 0.6) is 0 Å². The second-order valence-corrected chi connectivity index (χ2v) is 6.05. The summed E-state index contributed by atoms with van der Waals surface area (Å²) in [6.45, 7) is 2.27. The first-order valence-electron chi connectivity index (χ1n) is 8.54. The lowest BCUT2D eigenvalue weighted by Gasteiger charge is -2.08. The van der Waals surface area contributed by atoms with Crippen LogP contribution in [0.2, 0.25) is 0 Å². The Morgan fingerprint density at radius 3 is 2.17 bits per heavy atom. The van der Waals surface area contributed by atoms with Crippen molar-refractivity contribution in [2.24, 2.45) is 0 Å². The Kier molecular flexibility index (Phi) is 7.56. The fourth-order valence-electron chi connectivity index (χ4n) is 2.14. The number of nitrogens with one attached hydrogen (secondary N) is 2. The van der Waals surface area contributed by atoms with E-state index < -0.39 is 18.2 Å². The van der Waals surface area contributed by atoms with Crippen LogP contribution in [-0.2, 0) is 16.1 Å². The number of benzene rings is 2. The van der Waals surface area contributed by atoms with Gasteiger partial charge in [0.1, 0.15) is 6.61 Å². The smallest absolute Gasteiger partial charge is 0.475 e. The Balaban J connectivity index is 0.000000396. The maximum Gasteiger partial charge on any atom is 0.490 e. The van der Waals surface area contributed by atoms with E-state index in [9.17, 15) is 18.0 Å². The number of carboxylic acid groups (broad SMARTS) is 1. The van der Waals surface area contributed by atoms with Crippen LogP contribution in [0.4, 0.5) is 23.7 Å². The van der Waals surface area contributed by atoms with Gasteiger partial charge in [-0.3, -0.25) is 10.4 Å². The summed E-state index contributed by atoms with van der Waals surface area (Å²) in [6, 6.07) is 15.4. The van der Waals surface area contributed by atoms with E-state index in [1.165, 1.54) is 5.56 Å². The fraction of sp³-hybridized carbons (Fsp3) is 0.150. The van der Waals surface area contributed by atoms with Crippen molar-refractivity contribution >= 4 is 17.7 Å². The molecular formula is C20H18F3N3O4. The number of carbonyl (C=O) groups excluding carboxylic acids is 1. The molecule has 30 heavy (non-hydrogen) atoms. The highest BCUT2D eigenvalue weighted by molar-refractivity contribution is 5.85. The zero-order valence-corrected chi connectivity index (χ0v) is 15.7. The third-order valence-electron chi connectivity index (χ3n) is 3.70. The number of aromatic nitrogens is 2. The molecule has 0 radical (unpaired) electrons. The molecule has 1 aromatic heterocycles. The number of amides is 1. The largest absolute Gasteiger partial charge is 0.490 e. The molecule has 0 aliphatic carbocycles. The minimum absolute atomic E-state index is 0.249. The lowest BCUT2D eigenvalue weighted by molar-refractivity contribution is -0.192. The first kappa shape index (κ1) is 22.5. The maximum absolute atomic E-state index is 11.8. The van der Waals surface area contributed by atoms with E-state index in [2.05, 4.69) is 15.5 Å². The molecular weight excluding hydrogens is 403 g/mol. The molecule has 1 amide bonds. The second kappa shape index (κ2) is 10.1. The van der Waals surface area contributed by atoms with Crippen LogP contribution in [0.1, 0.15) is 11.1 Å². The van der Waals surface area contributed by atoms with Crippen LogP contribution >= 0.6 is 0 Å². The number of H-pyrrole nitrogens is 1. The third-order valence-corrected chi connectivity index (χ3v) is 3.70. The summed E-state index contributed by atoms with van der Waals surface area (Å²) in [4.78, 5) is 20.7. The summed E-state index contributed by atoms with van der Waals surface area (Å²) in [7, 11) is 0. The lowest BCUT2D eigenvalue weighted by atomic mass is 10.1. The number of hydrogen-bond acceptors (Lipinski definition) is 4. The number of ether oxygens (including phenoxy) is 1. The summed E-state index contributed by atoms with van der Waals surface area (Å²) in [5.74, 6) is -2.76. The highest BCUT2D eigenvalue weighted by Crippen LogP contribution is 2.20. The molecule has 0 bridgehead atoms. The van der Waals surface area contributed by atoms with Gasteiger partial charge in [-0.15, -0.1) is 0 Å². The first-order chi connectivity index (χ1) is 14.1. The highest BCUT2D eigenvalue weighted by atomic mass is 19.4. The number of rotatable bonds is 4. The zero-order valence-electron chi connectivity index (χ0n) is 15.7. The van der Waals surface area contributed by atoms with Gasteiger partial charge in [0.2, 0.25) is 0 Å². The van der Waals surface area contributed by atoms with Gasteiger partial charge in [0.25, 0.3) is 0 Å². The van der Waals surface area contributed by atoms with Gasteiger partial charge in [-0.05, 0) is 30.2 Å². The average molecular weight is 421 g/mol. The molecule has 0 unspecified atom stereocenters. The van der Waals surface area contributed by atoms with Gasteiger partial charge < -0.3 is 9.84 Å². The van der Waals surface area contributed by atoms with Crippen LogP contribution in [0.15, 0.2) is 60.9 Å².